The van der Waals surface area contributed by atoms with Crippen LogP contribution in [-0.4, -0.2) is 17.2 Å². The van der Waals surface area contributed by atoms with E-state index in [1.165, 1.54) is 33.1 Å². The zero-order valence-electron chi connectivity index (χ0n) is 18.4. The molecular formula is C30H25BO2. The first-order valence-electron chi connectivity index (χ1n) is 11.6. The molecule has 0 spiro atoms. The number of benzene rings is 3. The Morgan fingerprint density at radius 3 is 2.12 bits per heavy atom. The molecule has 2 N–H and O–H groups in total. The number of hydrogen-bond acceptors (Lipinski definition) is 2. The van der Waals surface area contributed by atoms with Crippen molar-refractivity contribution in [1.82, 2.24) is 0 Å². The van der Waals surface area contributed by atoms with Crippen LogP contribution in [0.5, 0.6) is 0 Å². The minimum absolute atomic E-state index is 0.0377. The molecule has 33 heavy (non-hydrogen) atoms. The second-order valence-corrected chi connectivity index (χ2v) is 9.02. The number of fused-ring (bicyclic) bond motifs is 3. The first kappa shape index (κ1) is 20.2. The Morgan fingerprint density at radius 1 is 0.667 bits per heavy atom. The molecule has 3 aliphatic rings. The van der Waals surface area contributed by atoms with E-state index in [9.17, 15) is 10.0 Å². The van der Waals surface area contributed by atoms with Crippen molar-refractivity contribution in [3.8, 4) is 0 Å². The molecule has 0 saturated carbocycles. The van der Waals surface area contributed by atoms with Gasteiger partial charge in [0.2, 0.25) is 0 Å². The summed E-state index contributed by atoms with van der Waals surface area (Å²) in [5.41, 5.74) is 6.04. The average molecular weight is 428 g/mol. The van der Waals surface area contributed by atoms with Gasteiger partial charge in [0.25, 0.3) is 0 Å². The quantitative estimate of drug-likeness (QED) is 0.610. The molecule has 2 nitrogen and oxygen atoms in total. The Balaban J connectivity index is 1.53. The molecule has 0 fully saturated rings. The molecule has 0 bridgehead atoms. The van der Waals surface area contributed by atoms with Crippen molar-refractivity contribution < 1.29 is 10.0 Å². The molecule has 3 heteroatoms. The average Bonchev–Trinajstić information content (AvgIpc) is 2.87. The Labute approximate surface area is 194 Å². The molecule has 0 aromatic heterocycles. The van der Waals surface area contributed by atoms with Crippen molar-refractivity contribution in [3.05, 3.63) is 125 Å². The standard InChI is InChI=1S/C30H25BO2/c32-31(33)30-27-13-5-3-11-25(27)29(26-12-4-6-14-28(26)30)22-18-16-21(17-19-22)24-15-7-9-20-8-1-2-10-23(20)24/h1-16,18,25,27,32-33H,17,19H2. The maximum Gasteiger partial charge on any atom is 0.485 e. The molecule has 0 aliphatic heterocycles. The fourth-order valence-corrected chi connectivity index (χ4v) is 5.80. The number of allylic oxidation sites excluding steroid dienone is 8. The van der Waals surface area contributed by atoms with Gasteiger partial charge in [0.05, 0.1) is 0 Å². The van der Waals surface area contributed by atoms with Gasteiger partial charge in [-0.25, -0.2) is 0 Å². The van der Waals surface area contributed by atoms with Crippen LogP contribution in [0, 0.1) is 11.8 Å². The highest BCUT2D eigenvalue weighted by molar-refractivity contribution is 6.63. The van der Waals surface area contributed by atoms with Gasteiger partial charge in [-0.05, 0) is 61.8 Å². The zero-order valence-corrected chi connectivity index (χ0v) is 18.4. The van der Waals surface area contributed by atoms with E-state index in [1.807, 2.05) is 24.3 Å². The SMILES string of the molecule is OB(O)C1=c2ccccc2=C(C2=CC=C(c3cccc4ccccc34)CC2)C2C=CC=CC12. The summed E-state index contributed by atoms with van der Waals surface area (Å²) in [6, 6.07) is 23.3. The molecular weight excluding hydrogens is 403 g/mol. The zero-order chi connectivity index (χ0) is 22.4. The predicted molar refractivity (Wildman–Crippen MR) is 137 cm³/mol. The molecule has 2 atom stereocenters. The van der Waals surface area contributed by atoms with Crippen molar-refractivity contribution in [2.45, 2.75) is 12.8 Å². The maximum atomic E-state index is 10.2. The van der Waals surface area contributed by atoms with Gasteiger partial charge in [-0.3, -0.25) is 0 Å². The smallest absolute Gasteiger partial charge is 0.423 e. The third-order valence-electron chi connectivity index (χ3n) is 7.26. The Hall–Kier alpha value is -3.40. The van der Waals surface area contributed by atoms with Gasteiger partial charge in [-0.1, -0.05) is 103 Å². The van der Waals surface area contributed by atoms with E-state index in [0.29, 0.717) is 5.47 Å². The van der Waals surface area contributed by atoms with Crippen molar-refractivity contribution in [3.63, 3.8) is 0 Å². The minimum atomic E-state index is -1.46. The minimum Gasteiger partial charge on any atom is -0.423 e. The summed E-state index contributed by atoms with van der Waals surface area (Å²) < 4.78 is 0. The van der Waals surface area contributed by atoms with Crippen LogP contribution in [0.2, 0.25) is 0 Å². The first-order valence-corrected chi connectivity index (χ1v) is 11.6. The van der Waals surface area contributed by atoms with Crippen LogP contribution in [0.4, 0.5) is 0 Å². The molecule has 2 unspecified atom stereocenters. The summed E-state index contributed by atoms with van der Waals surface area (Å²) in [5.74, 6) is 0.0738. The molecule has 3 aromatic rings. The van der Waals surface area contributed by atoms with Gasteiger partial charge in [-0.15, -0.1) is 0 Å². The molecule has 3 aliphatic carbocycles. The van der Waals surface area contributed by atoms with E-state index in [2.05, 4.69) is 78.9 Å². The molecule has 0 amide bonds. The van der Waals surface area contributed by atoms with Crippen molar-refractivity contribution in [2.24, 2.45) is 11.8 Å². The van der Waals surface area contributed by atoms with Crippen molar-refractivity contribution in [1.29, 1.82) is 0 Å². The van der Waals surface area contributed by atoms with Gasteiger partial charge in [0.15, 0.2) is 0 Å². The van der Waals surface area contributed by atoms with Gasteiger partial charge in [-0.2, -0.15) is 0 Å². The van der Waals surface area contributed by atoms with E-state index < -0.39 is 7.12 Å². The summed E-state index contributed by atoms with van der Waals surface area (Å²) in [7, 11) is -1.46. The van der Waals surface area contributed by atoms with Crippen LogP contribution in [-0.2, 0) is 0 Å². The molecule has 3 aromatic carbocycles. The van der Waals surface area contributed by atoms with E-state index in [-0.39, 0.29) is 11.8 Å². The van der Waals surface area contributed by atoms with Gasteiger partial charge in [0, 0.05) is 11.8 Å². The monoisotopic (exact) mass is 428 g/mol. The fraction of sp³-hybridized carbons (Fsp3) is 0.133. The van der Waals surface area contributed by atoms with Crippen LogP contribution < -0.4 is 10.4 Å². The summed E-state index contributed by atoms with van der Waals surface area (Å²) in [6.45, 7) is 0. The molecule has 6 rings (SSSR count). The summed E-state index contributed by atoms with van der Waals surface area (Å²) in [4.78, 5) is 0. The second-order valence-electron chi connectivity index (χ2n) is 9.02. The van der Waals surface area contributed by atoms with Gasteiger partial charge >= 0.3 is 7.12 Å². The molecule has 0 radical (unpaired) electrons. The molecule has 160 valence electrons. The van der Waals surface area contributed by atoms with E-state index >= 15 is 0 Å². The Morgan fingerprint density at radius 2 is 1.33 bits per heavy atom. The highest BCUT2D eigenvalue weighted by atomic mass is 16.4. The lowest BCUT2D eigenvalue weighted by Crippen LogP contribution is -2.44. The van der Waals surface area contributed by atoms with Crippen LogP contribution in [0.3, 0.4) is 0 Å². The van der Waals surface area contributed by atoms with Crippen molar-refractivity contribution in [2.75, 3.05) is 0 Å². The second kappa shape index (κ2) is 8.19. The third-order valence-corrected chi connectivity index (χ3v) is 7.26. The van der Waals surface area contributed by atoms with E-state index in [0.717, 1.165) is 23.3 Å². The Kier molecular flexibility index (Phi) is 5.02. The lowest BCUT2D eigenvalue weighted by molar-refractivity contribution is 0.420. The largest absolute Gasteiger partial charge is 0.485 e. The maximum absolute atomic E-state index is 10.2. The Bertz CT molecular complexity index is 1500. The van der Waals surface area contributed by atoms with Gasteiger partial charge in [0.1, 0.15) is 0 Å². The predicted octanol–water partition coefficient (Wildman–Crippen LogP) is 4.33. The van der Waals surface area contributed by atoms with Crippen LogP contribution in [0.15, 0.2) is 109 Å². The topological polar surface area (TPSA) is 40.5 Å². The van der Waals surface area contributed by atoms with E-state index in [1.54, 1.807) is 0 Å². The summed E-state index contributed by atoms with van der Waals surface area (Å²) in [5, 5.41) is 25.1. The van der Waals surface area contributed by atoms with Crippen LogP contribution >= 0.6 is 0 Å². The molecule has 0 heterocycles. The lowest BCUT2D eigenvalue weighted by atomic mass is 9.60. The summed E-state index contributed by atoms with van der Waals surface area (Å²) in [6.07, 6.45) is 14.9. The fourth-order valence-electron chi connectivity index (χ4n) is 5.80. The van der Waals surface area contributed by atoms with Crippen LogP contribution in [0.25, 0.3) is 27.4 Å². The highest BCUT2D eigenvalue weighted by Gasteiger charge is 2.36. The number of hydrogen-bond donors (Lipinski definition) is 2. The van der Waals surface area contributed by atoms with Crippen molar-refractivity contribution >= 4 is 34.5 Å². The highest BCUT2D eigenvalue weighted by Crippen LogP contribution is 2.41. The van der Waals surface area contributed by atoms with E-state index in [4.69, 9.17) is 0 Å². The normalized spacial score (nSPS) is 21.4. The van der Waals surface area contributed by atoms with Gasteiger partial charge < -0.3 is 10.0 Å². The summed E-state index contributed by atoms with van der Waals surface area (Å²) >= 11 is 0. The molecule has 0 saturated heterocycles. The lowest BCUT2D eigenvalue weighted by Gasteiger charge is -2.34. The third kappa shape index (κ3) is 3.36. The first-order chi connectivity index (χ1) is 16.2. The van der Waals surface area contributed by atoms with Crippen LogP contribution in [0.1, 0.15) is 18.4 Å². The number of rotatable bonds is 3.